The van der Waals surface area contributed by atoms with Crippen LogP contribution in [-0.4, -0.2) is 15.9 Å². The Balaban J connectivity index is 0.000000320. The number of fused-ring (bicyclic) bond motifs is 3. The maximum atomic E-state index is 12.2. The molecule has 6 heteroatoms. The van der Waals surface area contributed by atoms with Gasteiger partial charge in [-0.15, -0.1) is 29.1 Å². The first-order chi connectivity index (χ1) is 25.5. The second-order valence-electron chi connectivity index (χ2n) is 17.0. The summed E-state index contributed by atoms with van der Waals surface area (Å²) in [6, 6.07) is 24.8. The summed E-state index contributed by atoms with van der Waals surface area (Å²) >= 11 is 0. The first-order valence-electron chi connectivity index (χ1n) is 19.8. The number of benzene rings is 3. The average Bonchev–Trinajstić information content (AvgIpc) is 3.73. The third-order valence-electron chi connectivity index (χ3n) is 11.7. The Morgan fingerprint density at radius 3 is 2.13 bits per heavy atom. The summed E-state index contributed by atoms with van der Waals surface area (Å²) < 4.78 is 12.7. The summed E-state index contributed by atoms with van der Waals surface area (Å²) in [7, 11) is 0. The molecule has 6 aromatic rings. The molecule has 0 saturated carbocycles. The number of ketones is 1. The summed E-state index contributed by atoms with van der Waals surface area (Å²) in [6.07, 6.45) is 7.62. The first-order valence-corrected chi connectivity index (χ1v) is 19.8. The van der Waals surface area contributed by atoms with E-state index in [0.717, 1.165) is 87.8 Å². The molecule has 0 amide bonds. The van der Waals surface area contributed by atoms with Crippen molar-refractivity contribution in [2.75, 3.05) is 0 Å². The van der Waals surface area contributed by atoms with Crippen molar-refractivity contribution >= 4 is 38.5 Å². The number of furan rings is 2. The maximum absolute atomic E-state index is 12.2. The zero-order valence-corrected chi connectivity index (χ0v) is 37.4. The largest absolute Gasteiger partial charge is 0.512 e. The summed E-state index contributed by atoms with van der Waals surface area (Å²) in [6.45, 7) is 25.4. The minimum atomic E-state index is -0.337. The van der Waals surface area contributed by atoms with Crippen LogP contribution in [0.25, 0.3) is 55.5 Å². The Bertz CT molecular complexity index is 2290. The Hall–Kier alpha value is -3.99. The summed E-state index contributed by atoms with van der Waals surface area (Å²) in [5.41, 5.74) is 6.56. The van der Waals surface area contributed by atoms with Crippen LogP contribution < -0.4 is 0 Å². The van der Waals surface area contributed by atoms with E-state index < -0.39 is 0 Å². The zero-order chi connectivity index (χ0) is 39.6. The molecule has 0 aliphatic heterocycles. The van der Waals surface area contributed by atoms with Crippen molar-refractivity contribution in [3.63, 3.8) is 0 Å². The molecule has 3 aromatic heterocycles. The van der Waals surface area contributed by atoms with Crippen LogP contribution in [0, 0.1) is 29.7 Å². The zero-order valence-electron chi connectivity index (χ0n) is 35.0. The van der Waals surface area contributed by atoms with Crippen LogP contribution in [-0.2, 0) is 36.7 Å². The summed E-state index contributed by atoms with van der Waals surface area (Å²) in [5.74, 6) is 2.39. The van der Waals surface area contributed by atoms with Gasteiger partial charge in [0.15, 0.2) is 17.3 Å². The number of aromatic nitrogens is 1. The molecule has 1 N–H and O–H groups in total. The number of hydrogen-bond donors (Lipinski definition) is 1. The van der Waals surface area contributed by atoms with Crippen LogP contribution in [0.1, 0.15) is 119 Å². The molecule has 0 aliphatic rings. The molecule has 5 nitrogen and oxygen atoms in total. The van der Waals surface area contributed by atoms with Gasteiger partial charge in [-0.2, -0.15) is 0 Å². The molecule has 0 bridgehead atoms. The number of pyridine rings is 1. The van der Waals surface area contributed by atoms with Crippen LogP contribution in [0.5, 0.6) is 0 Å². The molecule has 0 unspecified atom stereocenters. The van der Waals surface area contributed by atoms with Crippen LogP contribution in [0.2, 0.25) is 0 Å². The number of nitrogens with zero attached hydrogens (tertiary/aromatic N) is 1. The molecule has 1 radical (unpaired) electrons. The average molecular weight is 919 g/mol. The molecule has 0 atom stereocenters. The van der Waals surface area contributed by atoms with Crippen LogP contribution >= 0.6 is 0 Å². The van der Waals surface area contributed by atoms with Gasteiger partial charge in [0.1, 0.15) is 16.9 Å². The number of allylic oxidation sites excluding steroid dienone is 2. The van der Waals surface area contributed by atoms with Crippen molar-refractivity contribution in [3.05, 3.63) is 101 Å². The molecule has 0 fully saturated rings. The van der Waals surface area contributed by atoms with Crippen molar-refractivity contribution in [1.82, 2.24) is 4.98 Å². The van der Waals surface area contributed by atoms with Gasteiger partial charge in [0.05, 0.1) is 0 Å². The van der Waals surface area contributed by atoms with Gasteiger partial charge in [-0.25, -0.2) is 0 Å². The standard InChI is InChI=1S/C34H32NO2.C15H28O2.Ir/c1-20(2)15-22-11-12-28-24(16-22)19-30(36-28)33-21(3)31-29(37-33)13-14-35-32(31)25-17-23-9-7-8-10-26(23)27(18-25)34(4,5)6;1-7-14(5,8-2)12(16)11-13(17)15(6,9-3)10-4;/h7-14,16,18-20H,15H2,1-6H3;11,16H,7-10H2,1-6H3;/q-1;;/b;12-11-;. The third kappa shape index (κ3) is 9.19. The van der Waals surface area contributed by atoms with E-state index in [1.165, 1.54) is 22.6 Å². The molecular weight excluding hydrogens is 859 g/mol. The van der Waals surface area contributed by atoms with Gasteiger partial charge in [0, 0.05) is 65.2 Å². The van der Waals surface area contributed by atoms with Crippen LogP contribution in [0.3, 0.4) is 0 Å². The number of aryl methyl sites for hydroxylation is 1. The second-order valence-corrected chi connectivity index (χ2v) is 17.0. The topological polar surface area (TPSA) is 76.5 Å². The second kappa shape index (κ2) is 17.4. The summed E-state index contributed by atoms with van der Waals surface area (Å²) in [4.78, 5) is 17.0. The number of hydrogen-bond acceptors (Lipinski definition) is 5. The minimum Gasteiger partial charge on any atom is -0.512 e. The van der Waals surface area contributed by atoms with Gasteiger partial charge < -0.3 is 13.9 Å². The number of aliphatic hydroxyl groups is 1. The molecule has 0 saturated heterocycles. The number of rotatable bonds is 11. The van der Waals surface area contributed by atoms with Crippen molar-refractivity contribution < 1.29 is 38.8 Å². The van der Waals surface area contributed by atoms with Crippen molar-refractivity contribution in [2.45, 2.75) is 121 Å². The molecule has 0 spiro atoms. The van der Waals surface area contributed by atoms with E-state index in [0.29, 0.717) is 5.92 Å². The molecule has 6 rings (SSSR count). The minimum absolute atomic E-state index is 0. The molecule has 3 heterocycles. The fraction of sp³-hybridized carbons (Fsp3) is 0.429. The Labute approximate surface area is 342 Å². The number of carbonyl (C=O) groups excluding carboxylic acids is 1. The van der Waals surface area contributed by atoms with Crippen LogP contribution in [0.15, 0.2) is 87.5 Å². The predicted molar refractivity (Wildman–Crippen MR) is 226 cm³/mol. The predicted octanol–water partition coefficient (Wildman–Crippen LogP) is 14.3. The van der Waals surface area contributed by atoms with Crippen LogP contribution in [0.4, 0.5) is 0 Å². The molecule has 295 valence electrons. The smallest absolute Gasteiger partial charge is 0.173 e. The fourth-order valence-corrected chi connectivity index (χ4v) is 7.10. The third-order valence-corrected chi connectivity index (χ3v) is 11.7. The van der Waals surface area contributed by atoms with Gasteiger partial charge in [-0.05, 0) is 80.2 Å². The number of carbonyl (C=O) groups is 1. The van der Waals surface area contributed by atoms with Crippen molar-refractivity contribution in [2.24, 2.45) is 16.7 Å². The first kappa shape index (κ1) is 43.7. The van der Waals surface area contributed by atoms with Crippen molar-refractivity contribution in [1.29, 1.82) is 0 Å². The van der Waals surface area contributed by atoms with E-state index in [2.05, 4.69) is 102 Å². The van der Waals surface area contributed by atoms with Crippen molar-refractivity contribution in [3.8, 4) is 22.8 Å². The normalized spacial score (nSPS) is 12.6. The Kier molecular flexibility index (Phi) is 13.9. The van der Waals surface area contributed by atoms with Gasteiger partial charge in [0.25, 0.3) is 0 Å². The monoisotopic (exact) mass is 919 g/mol. The maximum Gasteiger partial charge on any atom is 0.173 e. The fourth-order valence-electron chi connectivity index (χ4n) is 7.10. The van der Waals surface area contributed by atoms with Gasteiger partial charge in [-0.1, -0.05) is 111 Å². The SMILES string of the molecule is CCC(C)(CC)C(=O)/C=C(\O)C(C)(CC)CC.Cc1c(-c2cc3cc(CC(C)C)ccc3o2)oc2ccnc(-c3[c-]c4ccccc4c(C(C)(C)C)c3)c12.[Ir]. The summed E-state index contributed by atoms with van der Waals surface area (Å²) in [5, 5.41) is 14.6. The van der Waals surface area contributed by atoms with E-state index in [1.807, 2.05) is 53.8 Å². The van der Waals surface area contributed by atoms with E-state index in [4.69, 9.17) is 13.8 Å². The van der Waals surface area contributed by atoms with E-state index in [1.54, 1.807) is 0 Å². The van der Waals surface area contributed by atoms with Gasteiger partial charge >= 0.3 is 0 Å². The van der Waals surface area contributed by atoms with Gasteiger partial charge in [-0.3, -0.25) is 9.78 Å². The van der Waals surface area contributed by atoms with Gasteiger partial charge in [0.2, 0.25) is 0 Å². The molecule has 3 aromatic carbocycles. The molecule has 0 aliphatic carbocycles. The Morgan fingerprint density at radius 1 is 0.855 bits per heavy atom. The quantitative estimate of drug-likeness (QED) is 0.0796. The molecule has 55 heavy (non-hydrogen) atoms. The van der Waals surface area contributed by atoms with E-state index in [-0.39, 0.29) is 47.9 Å². The molecular formula is C49H60IrNO4-. The van der Waals surface area contributed by atoms with E-state index >= 15 is 0 Å². The Morgan fingerprint density at radius 2 is 1.51 bits per heavy atom. The van der Waals surface area contributed by atoms with E-state index in [9.17, 15) is 9.90 Å². The number of aliphatic hydroxyl groups excluding tert-OH is 1.